The first kappa shape index (κ1) is 18.5. The van der Waals surface area contributed by atoms with Gasteiger partial charge in [0.05, 0.1) is 17.6 Å². The lowest BCUT2D eigenvalue weighted by molar-refractivity contribution is -0.0543. The molecule has 0 saturated carbocycles. The SMILES string of the molecule is CCCSc1nc(N2CCNCC2)c2c3c(sc2n1)CO[C@@](C)(CC)C3. The molecule has 5 nitrogen and oxygen atoms in total. The summed E-state index contributed by atoms with van der Waals surface area (Å²) in [5, 5.41) is 5.66. The molecular formula is C19H28N4OS2. The summed E-state index contributed by atoms with van der Waals surface area (Å²) in [6.07, 6.45) is 3.12. The fourth-order valence-corrected chi connectivity index (χ4v) is 5.47. The molecule has 2 aliphatic heterocycles. The van der Waals surface area contributed by atoms with Gasteiger partial charge in [0.2, 0.25) is 0 Å². The van der Waals surface area contributed by atoms with Crippen molar-refractivity contribution >= 4 is 39.1 Å². The van der Waals surface area contributed by atoms with Gasteiger partial charge in [-0.3, -0.25) is 0 Å². The first-order chi connectivity index (χ1) is 12.6. The van der Waals surface area contributed by atoms with Crippen LogP contribution in [0.3, 0.4) is 0 Å². The highest BCUT2D eigenvalue weighted by atomic mass is 32.2. The molecule has 1 saturated heterocycles. The summed E-state index contributed by atoms with van der Waals surface area (Å²) in [6, 6.07) is 0. The van der Waals surface area contributed by atoms with Crippen LogP contribution >= 0.6 is 23.1 Å². The van der Waals surface area contributed by atoms with Gasteiger partial charge >= 0.3 is 0 Å². The maximum absolute atomic E-state index is 6.18. The Morgan fingerprint density at radius 3 is 2.81 bits per heavy atom. The van der Waals surface area contributed by atoms with Crippen molar-refractivity contribution in [3.63, 3.8) is 0 Å². The van der Waals surface area contributed by atoms with Crippen LogP contribution in [0, 0.1) is 0 Å². The van der Waals surface area contributed by atoms with Crippen LogP contribution in [-0.2, 0) is 17.8 Å². The molecule has 26 heavy (non-hydrogen) atoms. The van der Waals surface area contributed by atoms with Crippen LogP contribution in [0.25, 0.3) is 10.2 Å². The Morgan fingerprint density at radius 1 is 1.27 bits per heavy atom. The molecule has 0 bridgehead atoms. The third kappa shape index (κ3) is 3.46. The highest BCUT2D eigenvalue weighted by Crippen LogP contribution is 2.43. The lowest BCUT2D eigenvalue weighted by Gasteiger charge is -2.34. The molecule has 0 aromatic carbocycles. The fraction of sp³-hybridized carbons (Fsp3) is 0.684. The Bertz CT molecular complexity index is 787. The van der Waals surface area contributed by atoms with Gasteiger partial charge in [0.1, 0.15) is 10.6 Å². The maximum Gasteiger partial charge on any atom is 0.190 e. The number of thiophene rings is 1. The van der Waals surface area contributed by atoms with Gasteiger partial charge in [-0.15, -0.1) is 11.3 Å². The van der Waals surface area contributed by atoms with Crippen LogP contribution in [-0.4, -0.2) is 47.5 Å². The quantitative estimate of drug-likeness (QED) is 0.616. The molecule has 142 valence electrons. The van der Waals surface area contributed by atoms with E-state index in [0.29, 0.717) is 6.61 Å². The number of anilines is 1. The smallest absolute Gasteiger partial charge is 0.190 e. The Hall–Kier alpha value is -0.890. The zero-order valence-corrected chi connectivity index (χ0v) is 17.6. The molecule has 2 aromatic heterocycles. The highest BCUT2D eigenvalue weighted by molar-refractivity contribution is 7.99. The van der Waals surface area contributed by atoms with E-state index in [4.69, 9.17) is 14.7 Å². The molecule has 4 rings (SSSR count). The Kier molecular flexibility index (Phi) is 5.41. The Balaban J connectivity index is 1.83. The van der Waals surface area contributed by atoms with E-state index in [1.165, 1.54) is 15.8 Å². The van der Waals surface area contributed by atoms with Crippen molar-refractivity contribution in [3.05, 3.63) is 10.4 Å². The second-order valence-electron chi connectivity index (χ2n) is 7.37. The van der Waals surface area contributed by atoms with E-state index < -0.39 is 0 Å². The molecule has 0 radical (unpaired) electrons. The minimum Gasteiger partial charge on any atom is -0.369 e. The second-order valence-corrected chi connectivity index (χ2v) is 9.51. The topological polar surface area (TPSA) is 50.3 Å². The average Bonchev–Trinajstić information content (AvgIpc) is 3.03. The predicted molar refractivity (Wildman–Crippen MR) is 111 cm³/mol. The number of thioether (sulfide) groups is 1. The van der Waals surface area contributed by atoms with Crippen LogP contribution in [0.4, 0.5) is 5.82 Å². The first-order valence-corrected chi connectivity index (χ1v) is 11.5. The number of hydrogen-bond donors (Lipinski definition) is 1. The lowest BCUT2D eigenvalue weighted by Crippen LogP contribution is -2.44. The molecule has 1 N–H and O–H groups in total. The molecule has 1 fully saturated rings. The van der Waals surface area contributed by atoms with E-state index in [-0.39, 0.29) is 5.60 Å². The molecule has 0 aliphatic carbocycles. The van der Waals surface area contributed by atoms with Crippen molar-refractivity contribution in [1.29, 1.82) is 0 Å². The van der Waals surface area contributed by atoms with Crippen LogP contribution in [0.15, 0.2) is 5.16 Å². The van der Waals surface area contributed by atoms with Crippen molar-refractivity contribution in [3.8, 4) is 0 Å². The van der Waals surface area contributed by atoms with Crippen molar-refractivity contribution in [2.45, 2.75) is 57.4 Å². The summed E-state index contributed by atoms with van der Waals surface area (Å²) >= 11 is 3.58. The Morgan fingerprint density at radius 2 is 2.08 bits per heavy atom. The molecule has 1 atom stereocenters. The van der Waals surface area contributed by atoms with Crippen LogP contribution in [0.2, 0.25) is 0 Å². The molecular weight excluding hydrogens is 364 g/mol. The Labute approximate surface area is 163 Å². The number of hydrogen-bond acceptors (Lipinski definition) is 7. The van der Waals surface area contributed by atoms with Crippen molar-refractivity contribution in [2.75, 3.05) is 36.8 Å². The van der Waals surface area contributed by atoms with Gasteiger partial charge in [-0.05, 0) is 25.3 Å². The van der Waals surface area contributed by atoms with Gasteiger partial charge in [0.25, 0.3) is 0 Å². The molecule has 0 spiro atoms. The summed E-state index contributed by atoms with van der Waals surface area (Å²) in [5.41, 5.74) is 1.36. The van der Waals surface area contributed by atoms with Gasteiger partial charge in [-0.25, -0.2) is 9.97 Å². The van der Waals surface area contributed by atoms with E-state index in [2.05, 4.69) is 31.0 Å². The van der Waals surface area contributed by atoms with Gasteiger partial charge in [0.15, 0.2) is 5.16 Å². The second kappa shape index (κ2) is 7.62. The van der Waals surface area contributed by atoms with Crippen LogP contribution in [0.1, 0.15) is 44.1 Å². The number of aromatic nitrogens is 2. The standard InChI is InChI=1S/C19H28N4OS2/c1-4-10-25-18-21-16(23-8-6-20-7-9-23)15-13-11-19(3,5-2)24-12-14(13)26-17(15)22-18/h20H,4-12H2,1-3H3/t19-/m0/s1. The number of ether oxygens (including phenoxy) is 1. The van der Waals surface area contributed by atoms with Crippen molar-refractivity contribution in [2.24, 2.45) is 0 Å². The van der Waals surface area contributed by atoms with Gasteiger partial charge < -0.3 is 15.0 Å². The average molecular weight is 393 g/mol. The fourth-order valence-electron chi connectivity index (χ4n) is 3.62. The van der Waals surface area contributed by atoms with Gasteiger partial charge in [-0.1, -0.05) is 25.6 Å². The molecule has 7 heteroatoms. The number of piperazine rings is 1. The van der Waals surface area contributed by atoms with E-state index in [1.54, 1.807) is 23.1 Å². The summed E-state index contributed by atoms with van der Waals surface area (Å²) in [4.78, 5) is 14.9. The predicted octanol–water partition coefficient (Wildman–Crippen LogP) is 3.84. The minimum absolute atomic E-state index is 0.0721. The normalized spacial score (nSPS) is 23.4. The maximum atomic E-state index is 6.18. The summed E-state index contributed by atoms with van der Waals surface area (Å²) in [6.45, 7) is 11.4. The van der Waals surface area contributed by atoms with E-state index in [0.717, 1.165) is 67.0 Å². The zero-order valence-electron chi connectivity index (χ0n) is 15.9. The number of nitrogens with zero attached hydrogens (tertiary/aromatic N) is 3. The zero-order chi connectivity index (χ0) is 18.1. The number of nitrogens with one attached hydrogen (secondary N) is 1. The summed E-state index contributed by atoms with van der Waals surface area (Å²) < 4.78 is 6.18. The molecule has 2 aliphatic rings. The lowest BCUT2D eigenvalue weighted by atomic mass is 9.90. The third-order valence-electron chi connectivity index (χ3n) is 5.40. The molecule has 4 heterocycles. The molecule has 0 unspecified atom stereocenters. The minimum atomic E-state index is -0.0721. The number of rotatable bonds is 5. The van der Waals surface area contributed by atoms with E-state index >= 15 is 0 Å². The van der Waals surface area contributed by atoms with Crippen LogP contribution < -0.4 is 10.2 Å². The summed E-state index contributed by atoms with van der Waals surface area (Å²) in [5.74, 6) is 2.21. The summed E-state index contributed by atoms with van der Waals surface area (Å²) in [7, 11) is 0. The number of fused-ring (bicyclic) bond motifs is 3. The monoisotopic (exact) mass is 392 g/mol. The van der Waals surface area contributed by atoms with E-state index in [9.17, 15) is 0 Å². The molecule has 2 aromatic rings. The molecule has 0 amide bonds. The highest BCUT2D eigenvalue weighted by Gasteiger charge is 2.34. The third-order valence-corrected chi connectivity index (χ3v) is 7.55. The van der Waals surface area contributed by atoms with Crippen molar-refractivity contribution in [1.82, 2.24) is 15.3 Å². The van der Waals surface area contributed by atoms with Crippen LogP contribution in [0.5, 0.6) is 0 Å². The van der Waals surface area contributed by atoms with Gasteiger partial charge in [0, 0.05) is 43.2 Å². The van der Waals surface area contributed by atoms with E-state index in [1.807, 2.05) is 0 Å². The van der Waals surface area contributed by atoms with Crippen molar-refractivity contribution < 1.29 is 4.74 Å². The first-order valence-electron chi connectivity index (χ1n) is 9.68. The largest absolute Gasteiger partial charge is 0.369 e. The van der Waals surface area contributed by atoms with Gasteiger partial charge in [-0.2, -0.15) is 0 Å².